The van der Waals surface area contributed by atoms with Gasteiger partial charge in [-0.2, -0.15) is 0 Å². The first kappa shape index (κ1) is 17.4. The Kier molecular flexibility index (Phi) is 5.31. The first-order valence-corrected chi connectivity index (χ1v) is 8.60. The molecule has 2 aliphatic heterocycles. The van der Waals surface area contributed by atoms with E-state index in [0.29, 0.717) is 45.4 Å². The Bertz CT molecular complexity index is 679. The second kappa shape index (κ2) is 7.63. The lowest BCUT2D eigenvalue weighted by Crippen LogP contribution is -2.54. The third-order valence-electron chi connectivity index (χ3n) is 4.76. The van der Waals surface area contributed by atoms with Gasteiger partial charge in [0.2, 0.25) is 17.7 Å². The van der Waals surface area contributed by atoms with Crippen LogP contribution in [-0.2, 0) is 20.8 Å². The molecule has 134 valence electrons. The van der Waals surface area contributed by atoms with Crippen LogP contribution in [0.5, 0.6) is 0 Å². The van der Waals surface area contributed by atoms with Crippen molar-refractivity contribution >= 4 is 17.7 Å². The summed E-state index contributed by atoms with van der Waals surface area (Å²) < 4.78 is 13.3. The van der Waals surface area contributed by atoms with Gasteiger partial charge in [-0.15, -0.1) is 0 Å². The summed E-state index contributed by atoms with van der Waals surface area (Å²) in [7, 11) is 0. The van der Waals surface area contributed by atoms with Gasteiger partial charge in [0.15, 0.2) is 0 Å². The summed E-state index contributed by atoms with van der Waals surface area (Å²) in [4.78, 5) is 39.5. The highest BCUT2D eigenvalue weighted by Gasteiger charge is 2.33. The second-order valence-corrected chi connectivity index (χ2v) is 6.57. The number of halogens is 1. The third kappa shape index (κ3) is 4.35. The standard InChI is InChI=1S/C18H22FN3O3/c19-15-3-1-2-13(10-15)6-8-21-11-14(4-5-17(21)24)18(25)22-9-7-20-16(23)12-22/h1-3,10,14H,4-9,11-12H2,(H,20,23)/t14-/m1/s1. The molecule has 1 aromatic rings. The van der Waals surface area contributed by atoms with Gasteiger partial charge in [0.1, 0.15) is 5.82 Å². The molecular formula is C18H22FN3O3. The van der Waals surface area contributed by atoms with Gasteiger partial charge in [0.25, 0.3) is 0 Å². The minimum Gasteiger partial charge on any atom is -0.353 e. The van der Waals surface area contributed by atoms with Gasteiger partial charge < -0.3 is 15.1 Å². The molecule has 25 heavy (non-hydrogen) atoms. The zero-order valence-corrected chi connectivity index (χ0v) is 14.0. The first-order valence-electron chi connectivity index (χ1n) is 8.60. The van der Waals surface area contributed by atoms with E-state index in [-0.39, 0.29) is 36.0 Å². The number of hydrogen-bond acceptors (Lipinski definition) is 3. The van der Waals surface area contributed by atoms with Crippen molar-refractivity contribution in [1.29, 1.82) is 0 Å². The zero-order chi connectivity index (χ0) is 17.8. The van der Waals surface area contributed by atoms with Crippen molar-refractivity contribution in [3.05, 3.63) is 35.6 Å². The predicted octanol–water partition coefficient (Wildman–Crippen LogP) is 0.565. The van der Waals surface area contributed by atoms with E-state index in [1.54, 1.807) is 15.9 Å². The lowest BCUT2D eigenvalue weighted by Gasteiger charge is -2.36. The molecular weight excluding hydrogens is 325 g/mol. The van der Waals surface area contributed by atoms with Crippen LogP contribution < -0.4 is 5.32 Å². The monoisotopic (exact) mass is 347 g/mol. The molecule has 2 fully saturated rings. The van der Waals surface area contributed by atoms with Crippen molar-refractivity contribution in [2.24, 2.45) is 5.92 Å². The lowest BCUT2D eigenvalue weighted by molar-refractivity contribution is -0.146. The number of benzene rings is 1. The van der Waals surface area contributed by atoms with Gasteiger partial charge in [-0.25, -0.2) is 4.39 Å². The largest absolute Gasteiger partial charge is 0.353 e. The van der Waals surface area contributed by atoms with Gasteiger partial charge in [0, 0.05) is 32.6 Å². The summed E-state index contributed by atoms with van der Waals surface area (Å²) in [5.74, 6) is -0.737. The predicted molar refractivity (Wildman–Crippen MR) is 89.0 cm³/mol. The molecule has 1 N–H and O–H groups in total. The van der Waals surface area contributed by atoms with Crippen LogP contribution in [0, 0.1) is 11.7 Å². The van der Waals surface area contributed by atoms with Crippen LogP contribution in [0.25, 0.3) is 0 Å². The average molecular weight is 347 g/mol. The van der Waals surface area contributed by atoms with Crippen LogP contribution in [0.4, 0.5) is 4.39 Å². The number of amides is 3. The van der Waals surface area contributed by atoms with Crippen molar-refractivity contribution in [3.8, 4) is 0 Å². The maximum atomic E-state index is 13.3. The topological polar surface area (TPSA) is 69.7 Å². The number of nitrogens with one attached hydrogen (secondary N) is 1. The summed E-state index contributed by atoms with van der Waals surface area (Å²) in [6, 6.07) is 6.32. The SMILES string of the molecule is O=C1CN(C(=O)[C@@H]2CCC(=O)N(CCc3cccc(F)c3)C2)CCN1. The fourth-order valence-electron chi connectivity index (χ4n) is 3.37. The highest BCUT2D eigenvalue weighted by Crippen LogP contribution is 2.21. The average Bonchev–Trinajstić information content (AvgIpc) is 2.60. The molecule has 0 bridgehead atoms. The molecule has 0 unspecified atom stereocenters. The summed E-state index contributed by atoms with van der Waals surface area (Å²) >= 11 is 0. The fourth-order valence-corrected chi connectivity index (χ4v) is 3.37. The molecule has 1 atom stereocenters. The van der Waals surface area contributed by atoms with Gasteiger partial charge >= 0.3 is 0 Å². The van der Waals surface area contributed by atoms with Crippen molar-refractivity contribution in [2.75, 3.05) is 32.7 Å². The quantitative estimate of drug-likeness (QED) is 0.866. The van der Waals surface area contributed by atoms with E-state index in [4.69, 9.17) is 0 Å². The highest BCUT2D eigenvalue weighted by atomic mass is 19.1. The summed E-state index contributed by atoms with van der Waals surface area (Å²) in [5, 5.41) is 2.70. The van der Waals surface area contributed by atoms with Gasteiger partial charge in [-0.3, -0.25) is 14.4 Å². The number of likely N-dealkylation sites (tertiary alicyclic amines) is 1. The Morgan fingerprint density at radius 1 is 1.32 bits per heavy atom. The van der Waals surface area contributed by atoms with E-state index in [2.05, 4.69) is 5.32 Å². The van der Waals surface area contributed by atoms with E-state index in [0.717, 1.165) is 5.56 Å². The number of carbonyl (C=O) groups is 3. The Morgan fingerprint density at radius 3 is 2.92 bits per heavy atom. The first-order chi connectivity index (χ1) is 12.0. The van der Waals surface area contributed by atoms with Crippen molar-refractivity contribution in [1.82, 2.24) is 15.1 Å². The third-order valence-corrected chi connectivity index (χ3v) is 4.76. The van der Waals surface area contributed by atoms with Crippen LogP contribution in [-0.4, -0.2) is 60.2 Å². The molecule has 2 aliphatic rings. The van der Waals surface area contributed by atoms with Crippen LogP contribution in [0.3, 0.4) is 0 Å². The number of nitrogens with zero attached hydrogens (tertiary/aromatic N) is 2. The summed E-state index contributed by atoms with van der Waals surface area (Å²) in [6.45, 7) is 1.90. The van der Waals surface area contributed by atoms with Gasteiger partial charge in [0.05, 0.1) is 12.5 Å². The lowest BCUT2D eigenvalue weighted by atomic mass is 9.95. The highest BCUT2D eigenvalue weighted by molar-refractivity contribution is 5.88. The number of piperazine rings is 1. The summed E-state index contributed by atoms with van der Waals surface area (Å²) in [6.07, 6.45) is 1.41. The summed E-state index contributed by atoms with van der Waals surface area (Å²) in [5.41, 5.74) is 0.828. The number of piperidine rings is 1. The zero-order valence-electron chi connectivity index (χ0n) is 14.0. The fraction of sp³-hybridized carbons (Fsp3) is 0.500. The molecule has 1 aromatic carbocycles. The van der Waals surface area contributed by atoms with E-state index >= 15 is 0 Å². The molecule has 0 aromatic heterocycles. The van der Waals surface area contributed by atoms with E-state index in [1.165, 1.54) is 12.1 Å². The van der Waals surface area contributed by atoms with E-state index < -0.39 is 0 Å². The Hall–Kier alpha value is -2.44. The maximum Gasteiger partial charge on any atom is 0.239 e. The maximum absolute atomic E-state index is 13.3. The molecule has 0 saturated carbocycles. The van der Waals surface area contributed by atoms with E-state index in [9.17, 15) is 18.8 Å². The van der Waals surface area contributed by atoms with Crippen molar-refractivity contribution in [3.63, 3.8) is 0 Å². The molecule has 7 heteroatoms. The Labute approximate surface area is 146 Å². The smallest absolute Gasteiger partial charge is 0.239 e. The molecule has 2 heterocycles. The van der Waals surface area contributed by atoms with Gasteiger partial charge in [-0.05, 0) is 30.5 Å². The molecule has 2 saturated heterocycles. The minimum atomic E-state index is -0.293. The molecule has 0 aliphatic carbocycles. The van der Waals surface area contributed by atoms with Crippen molar-refractivity contribution < 1.29 is 18.8 Å². The van der Waals surface area contributed by atoms with Crippen LogP contribution in [0.15, 0.2) is 24.3 Å². The second-order valence-electron chi connectivity index (χ2n) is 6.57. The number of rotatable bonds is 4. The Balaban J connectivity index is 1.58. The molecule has 3 rings (SSSR count). The van der Waals surface area contributed by atoms with Gasteiger partial charge in [-0.1, -0.05) is 12.1 Å². The molecule has 0 spiro atoms. The normalized spacial score (nSPS) is 21.2. The molecule has 6 nitrogen and oxygen atoms in total. The molecule has 3 amide bonds. The van der Waals surface area contributed by atoms with Crippen LogP contribution >= 0.6 is 0 Å². The number of hydrogen-bond donors (Lipinski definition) is 1. The minimum absolute atomic E-state index is 0.0249. The van der Waals surface area contributed by atoms with E-state index in [1.807, 2.05) is 6.07 Å². The molecule has 0 radical (unpaired) electrons. The van der Waals surface area contributed by atoms with Crippen LogP contribution in [0.2, 0.25) is 0 Å². The van der Waals surface area contributed by atoms with Crippen LogP contribution in [0.1, 0.15) is 18.4 Å². The Morgan fingerprint density at radius 2 is 2.16 bits per heavy atom. The number of carbonyl (C=O) groups excluding carboxylic acids is 3. The van der Waals surface area contributed by atoms with Crippen molar-refractivity contribution in [2.45, 2.75) is 19.3 Å².